The van der Waals surface area contributed by atoms with Gasteiger partial charge in [0.15, 0.2) is 0 Å². The van der Waals surface area contributed by atoms with E-state index >= 15 is 0 Å². The van der Waals surface area contributed by atoms with Crippen LogP contribution in [-0.4, -0.2) is 15.0 Å². The summed E-state index contributed by atoms with van der Waals surface area (Å²) in [5.41, 5.74) is 1.04. The first kappa shape index (κ1) is 14.0. The molecule has 0 bridgehead atoms. The van der Waals surface area contributed by atoms with E-state index in [1.54, 1.807) is 0 Å². The molecule has 0 heterocycles. The summed E-state index contributed by atoms with van der Waals surface area (Å²) in [4.78, 5) is 11.8. The van der Waals surface area contributed by atoms with E-state index in [1.807, 2.05) is 30.3 Å². The van der Waals surface area contributed by atoms with Crippen LogP contribution in [0.1, 0.15) is 32.3 Å². The topological polar surface area (TPSA) is 26.3 Å². The Hall–Kier alpha value is -1.09. The van der Waals surface area contributed by atoms with Gasteiger partial charge in [-0.05, 0) is 17.7 Å². The van der Waals surface area contributed by atoms with Crippen molar-refractivity contribution in [2.24, 2.45) is 0 Å². The van der Waals surface area contributed by atoms with Gasteiger partial charge >= 0.3 is 0 Å². The van der Waals surface area contributed by atoms with Gasteiger partial charge in [-0.25, -0.2) is 0 Å². The zero-order valence-electron chi connectivity index (χ0n) is 10.8. The molecule has 0 amide bonds. The third kappa shape index (κ3) is 5.68. The van der Waals surface area contributed by atoms with Crippen LogP contribution < -0.4 is 0 Å². The first-order valence-electron chi connectivity index (χ1n) is 6.49. The van der Waals surface area contributed by atoms with Crippen LogP contribution in [-0.2, 0) is 15.6 Å². The summed E-state index contributed by atoms with van der Waals surface area (Å²) in [7, 11) is -1.28. The maximum atomic E-state index is 11.8. The Balaban J connectivity index is 2.42. The molecule has 0 saturated heterocycles. The number of rotatable bonds is 7. The van der Waals surface area contributed by atoms with Crippen molar-refractivity contribution in [2.45, 2.75) is 45.2 Å². The van der Waals surface area contributed by atoms with Crippen LogP contribution in [0, 0.1) is 0 Å². The van der Waals surface area contributed by atoms with Gasteiger partial charge in [-0.2, -0.15) is 0 Å². The van der Waals surface area contributed by atoms with Crippen LogP contribution in [0.3, 0.4) is 0 Å². The maximum absolute atomic E-state index is 11.8. The predicted molar refractivity (Wildman–Crippen MR) is 73.6 cm³/mol. The maximum Gasteiger partial charge on any atom is 0.296 e. The molecule has 0 N–H and O–H groups in total. The molecule has 0 fully saturated rings. The van der Waals surface area contributed by atoms with Gasteiger partial charge in [0.2, 0.25) is 9.04 Å². The Labute approximate surface area is 106 Å². The van der Waals surface area contributed by atoms with Crippen LogP contribution in [0.15, 0.2) is 30.3 Å². The van der Waals surface area contributed by atoms with Gasteiger partial charge in [-0.15, -0.1) is 0 Å². The lowest BCUT2D eigenvalue weighted by Crippen LogP contribution is -2.23. The zero-order chi connectivity index (χ0) is 12.5. The standard InChI is InChI=1S/C14H22O2Si/c1-3-10-17(11-4-2)16-14(15)12-13-8-6-5-7-9-13/h5-9,17H,3-4,10-12H2,1-2H3. The van der Waals surface area contributed by atoms with Crippen LogP contribution in [0.25, 0.3) is 0 Å². The summed E-state index contributed by atoms with van der Waals surface area (Å²) in [6.45, 7) is 4.31. The Morgan fingerprint density at radius 2 is 1.71 bits per heavy atom. The average molecular weight is 250 g/mol. The summed E-state index contributed by atoms with van der Waals surface area (Å²) >= 11 is 0. The van der Waals surface area contributed by atoms with Crippen molar-refractivity contribution in [3.63, 3.8) is 0 Å². The van der Waals surface area contributed by atoms with Crippen molar-refractivity contribution in [1.82, 2.24) is 0 Å². The fraction of sp³-hybridized carbons (Fsp3) is 0.500. The van der Waals surface area contributed by atoms with Crippen molar-refractivity contribution in [3.8, 4) is 0 Å². The second kappa shape index (κ2) is 8.07. The molecule has 0 saturated carbocycles. The van der Waals surface area contributed by atoms with Crippen LogP contribution in [0.4, 0.5) is 0 Å². The highest BCUT2D eigenvalue weighted by atomic mass is 28.3. The van der Waals surface area contributed by atoms with E-state index < -0.39 is 9.04 Å². The smallest absolute Gasteiger partial charge is 0.296 e. The molecule has 0 aliphatic rings. The molecule has 1 aromatic rings. The highest BCUT2D eigenvalue weighted by Gasteiger charge is 2.15. The minimum absolute atomic E-state index is 0.0465. The fourth-order valence-electron chi connectivity index (χ4n) is 1.90. The second-order valence-corrected chi connectivity index (χ2v) is 6.99. The summed E-state index contributed by atoms with van der Waals surface area (Å²) in [6, 6.07) is 12.0. The lowest BCUT2D eigenvalue weighted by Gasteiger charge is -2.15. The van der Waals surface area contributed by atoms with Crippen molar-refractivity contribution in [3.05, 3.63) is 35.9 Å². The molecular weight excluding hydrogens is 228 g/mol. The minimum Gasteiger partial charge on any atom is -0.522 e. The first-order valence-corrected chi connectivity index (χ1v) is 8.60. The summed E-state index contributed by atoms with van der Waals surface area (Å²) in [6.07, 6.45) is 2.66. The van der Waals surface area contributed by atoms with Gasteiger partial charge in [0, 0.05) is 0 Å². The largest absolute Gasteiger partial charge is 0.522 e. The number of hydrogen-bond donors (Lipinski definition) is 0. The molecule has 0 aromatic heterocycles. The summed E-state index contributed by atoms with van der Waals surface area (Å²) in [5, 5.41) is 0. The molecule has 0 atom stereocenters. The molecule has 0 radical (unpaired) electrons. The third-order valence-electron chi connectivity index (χ3n) is 2.71. The quantitative estimate of drug-likeness (QED) is 0.694. The molecule has 0 unspecified atom stereocenters. The van der Waals surface area contributed by atoms with Gasteiger partial charge in [-0.1, -0.05) is 57.0 Å². The highest BCUT2D eigenvalue weighted by molar-refractivity contribution is 6.53. The molecule has 0 spiro atoms. The van der Waals surface area contributed by atoms with Gasteiger partial charge in [0.1, 0.15) is 0 Å². The van der Waals surface area contributed by atoms with E-state index in [0.29, 0.717) is 6.42 Å². The normalized spacial score (nSPS) is 10.5. The molecule has 17 heavy (non-hydrogen) atoms. The molecule has 1 aromatic carbocycles. The van der Waals surface area contributed by atoms with Crippen LogP contribution in [0.5, 0.6) is 0 Å². The molecule has 0 aliphatic heterocycles. The molecule has 0 aliphatic carbocycles. The third-order valence-corrected chi connectivity index (χ3v) is 5.75. The van der Waals surface area contributed by atoms with Gasteiger partial charge in [-0.3, -0.25) is 4.79 Å². The lowest BCUT2D eigenvalue weighted by atomic mass is 10.2. The Morgan fingerprint density at radius 1 is 1.12 bits per heavy atom. The summed E-state index contributed by atoms with van der Waals surface area (Å²) in [5.74, 6) is -0.0465. The monoisotopic (exact) mass is 250 g/mol. The summed E-state index contributed by atoms with van der Waals surface area (Å²) < 4.78 is 5.64. The van der Waals surface area contributed by atoms with Gasteiger partial charge in [0.25, 0.3) is 5.97 Å². The molecule has 1 rings (SSSR count). The predicted octanol–water partition coefficient (Wildman–Crippen LogP) is 3.32. The van der Waals surface area contributed by atoms with E-state index in [2.05, 4.69) is 13.8 Å². The average Bonchev–Trinajstić information content (AvgIpc) is 2.30. The van der Waals surface area contributed by atoms with Crippen LogP contribution >= 0.6 is 0 Å². The zero-order valence-corrected chi connectivity index (χ0v) is 12.0. The van der Waals surface area contributed by atoms with Gasteiger partial charge < -0.3 is 4.43 Å². The Kier molecular flexibility index (Phi) is 6.63. The van der Waals surface area contributed by atoms with E-state index in [-0.39, 0.29) is 5.97 Å². The second-order valence-electron chi connectivity index (χ2n) is 4.35. The molecular formula is C14H22O2Si. The van der Waals surface area contributed by atoms with E-state index in [4.69, 9.17) is 4.43 Å². The van der Waals surface area contributed by atoms with E-state index in [9.17, 15) is 4.79 Å². The Bertz CT molecular complexity index is 318. The van der Waals surface area contributed by atoms with Crippen molar-refractivity contribution in [1.29, 1.82) is 0 Å². The van der Waals surface area contributed by atoms with E-state index in [0.717, 1.165) is 30.5 Å². The fourth-order valence-corrected chi connectivity index (χ4v) is 4.16. The Morgan fingerprint density at radius 3 is 2.24 bits per heavy atom. The number of carbonyl (C=O) groups is 1. The first-order chi connectivity index (χ1) is 8.26. The van der Waals surface area contributed by atoms with Crippen molar-refractivity contribution < 1.29 is 9.22 Å². The van der Waals surface area contributed by atoms with Crippen molar-refractivity contribution >= 4 is 15.0 Å². The number of hydrogen-bond acceptors (Lipinski definition) is 2. The molecule has 3 heteroatoms. The molecule has 94 valence electrons. The number of benzene rings is 1. The minimum atomic E-state index is -1.28. The highest BCUT2D eigenvalue weighted by Crippen LogP contribution is 2.09. The lowest BCUT2D eigenvalue weighted by molar-refractivity contribution is -0.134. The SMILES string of the molecule is CCC[SiH](CCC)OC(=O)Cc1ccccc1. The van der Waals surface area contributed by atoms with Gasteiger partial charge in [0.05, 0.1) is 6.42 Å². The molecule has 2 nitrogen and oxygen atoms in total. The van der Waals surface area contributed by atoms with E-state index in [1.165, 1.54) is 0 Å². The van der Waals surface area contributed by atoms with Crippen LogP contribution in [0.2, 0.25) is 12.1 Å². The van der Waals surface area contributed by atoms with Crippen molar-refractivity contribution in [2.75, 3.05) is 0 Å². The number of carbonyl (C=O) groups excluding carboxylic acids is 1.